The second kappa shape index (κ2) is 5.79. The Balaban J connectivity index is 1.75. The Labute approximate surface area is 146 Å². The predicted octanol–water partition coefficient (Wildman–Crippen LogP) is 3.97. The molecule has 0 saturated carbocycles. The third kappa shape index (κ3) is 2.59. The van der Waals surface area contributed by atoms with Crippen molar-refractivity contribution in [2.24, 2.45) is 0 Å². The van der Waals surface area contributed by atoms with E-state index in [0.29, 0.717) is 17.6 Å². The Bertz CT molecular complexity index is 1040. The van der Waals surface area contributed by atoms with Crippen LogP contribution in [0.4, 0.5) is 0 Å². The molecule has 0 aliphatic heterocycles. The zero-order valence-corrected chi connectivity index (χ0v) is 14.5. The van der Waals surface area contributed by atoms with Gasteiger partial charge in [0.25, 0.3) is 5.56 Å². The summed E-state index contributed by atoms with van der Waals surface area (Å²) in [5, 5.41) is 3.06. The Kier molecular flexibility index (Phi) is 3.61. The van der Waals surface area contributed by atoms with Gasteiger partial charge in [0.1, 0.15) is 5.52 Å². The normalized spacial score (nSPS) is 11.2. The molecule has 4 rings (SSSR count). The maximum atomic E-state index is 12.8. The molecule has 0 radical (unpaired) electrons. The molecule has 0 fully saturated rings. The van der Waals surface area contributed by atoms with Crippen molar-refractivity contribution in [3.8, 4) is 6.01 Å². The largest absolute Gasteiger partial charge is 0.422 e. The molecule has 0 unspecified atom stereocenters. The lowest BCUT2D eigenvalue weighted by Gasteiger charge is -1.99. The van der Waals surface area contributed by atoms with E-state index in [0.717, 1.165) is 21.2 Å². The van der Waals surface area contributed by atoms with E-state index in [2.05, 4.69) is 26.0 Å². The third-order valence-corrected chi connectivity index (χ3v) is 4.49. The van der Waals surface area contributed by atoms with Crippen molar-refractivity contribution < 1.29 is 4.42 Å². The highest BCUT2D eigenvalue weighted by molar-refractivity contribution is 9.10. The van der Waals surface area contributed by atoms with Crippen molar-refractivity contribution >= 4 is 27.0 Å². The lowest BCUT2D eigenvalue weighted by molar-refractivity contribution is 0.535. The molecule has 6 heteroatoms. The van der Waals surface area contributed by atoms with Crippen LogP contribution in [-0.4, -0.2) is 14.8 Å². The molecule has 0 aliphatic rings. The molecule has 24 heavy (non-hydrogen) atoms. The van der Waals surface area contributed by atoms with E-state index in [1.54, 1.807) is 0 Å². The summed E-state index contributed by atoms with van der Waals surface area (Å²) in [4.78, 5) is 17.1. The highest BCUT2D eigenvalue weighted by Crippen LogP contribution is 2.18. The fraction of sp³-hybridized carbons (Fsp3) is 0.111. The average Bonchev–Trinajstić information content (AvgIpc) is 3.12. The Morgan fingerprint density at radius 3 is 2.67 bits per heavy atom. The molecule has 0 atom stereocenters. The van der Waals surface area contributed by atoms with Gasteiger partial charge in [-0.2, -0.15) is 9.67 Å². The van der Waals surface area contributed by atoms with Crippen molar-refractivity contribution in [2.75, 3.05) is 0 Å². The smallest absolute Gasteiger partial charge is 0.325 e. The standard InChI is InChI=1S/C18H14BrN3O2/c1-11-14(10-12-6-8-13(19)9-7-12)17(23)22(21-11)18-20-15-4-2-3-5-16(15)24-18/h2-9,21H,10H2,1H3. The number of nitrogens with zero attached hydrogens (tertiary/aromatic N) is 2. The number of benzene rings is 2. The lowest BCUT2D eigenvalue weighted by Crippen LogP contribution is -2.17. The average molecular weight is 384 g/mol. The van der Waals surface area contributed by atoms with E-state index in [1.807, 2.05) is 55.5 Å². The fourth-order valence-corrected chi connectivity index (χ4v) is 2.95. The first-order valence-corrected chi connectivity index (χ1v) is 8.32. The summed E-state index contributed by atoms with van der Waals surface area (Å²) < 4.78 is 8.06. The molecule has 2 aromatic carbocycles. The first-order chi connectivity index (χ1) is 11.6. The van der Waals surface area contributed by atoms with Gasteiger partial charge in [-0.1, -0.05) is 40.2 Å². The highest BCUT2D eigenvalue weighted by atomic mass is 79.9. The van der Waals surface area contributed by atoms with Crippen molar-refractivity contribution in [3.63, 3.8) is 0 Å². The number of H-pyrrole nitrogens is 1. The Hall–Kier alpha value is -2.60. The van der Waals surface area contributed by atoms with Gasteiger partial charge >= 0.3 is 6.01 Å². The minimum absolute atomic E-state index is 0.137. The van der Waals surface area contributed by atoms with Crippen molar-refractivity contribution in [2.45, 2.75) is 13.3 Å². The van der Waals surface area contributed by atoms with Gasteiger partial charge in [-0.05, 0) is 36.8 Å². The molecule has 4 aromatic rings. The fourth-order valence-electron chi connectivity index (χ4n) is 2.69. The van der Waals surface area contributed by atoms with Gasteiger partial charge in [0.2, 0.25) is 0 Å². The molecule has 0 spiro atoms. The van der Waals surface area contributed by atoms with Crippen LogP contribution in [0, 0.1) is 6.92 Å². The Morgan fingerprint density at radius 2 is 1.92 bits per heavy atom. The van der Waals surface area contributed by atoms with Crippen LogP contribution >= 0.6 is 15.9 Å². The summed E-state index contributed by atoms with van der Waals surface area (Å²) in [6, 6.07) is 15.6. The molecule has 1 N–H and O–H groups in total. The van der Waals surface area contributed by atoms with Crippen LogP contribution in [-0.2, 0) is 6.42 Å². The summed E-state index contributed by atoms with van der Waals surface area (Å²) in [5.74, 6) is 0. The first-order valence-electron chi connectivity index (χ1n) is 7.53. The lowest BCUT2D eigenvalue weighted by atomic mass is 10.1. The molecule has 2 aromatic heterocycles. The SMILES string of the molecule is Cc1[nH]n(-c2nc3ccccc3o2)c(=O)c1Cc1ccc(Br)cc1. The molecule has 5 nitrogen and oxygen atoms in total. The summed E-state index contributed by atoms with van der Waals surface area (Å²) in [6.07, 6.45) is 0.557. The number of aromatic amines is 1. The number of rotatable bonds is 3. The minimum Gasteiger partial charge on any atom is -0.422 e. The molecule has 0 bridgehead atoms. The van der Waals surface area contributed by atoms with Gasteiger partial charge in [-0.3, -0.25) is 9.89 Å². The van der Waals surface area contributed by atoms with Gasteiger partial charge < -0.3 is 4.42 Å². The number of fused-ring (bicyclic) bond motifs is 1. The summed E-state index contributed by atoms with van der Waals surface area (Å²) in [7, 11) is 0. The quantitative estimate of drug-likeness (QED) is 0.582. The monoisotopic (exact) mass is 383 g/mol. The van der Waals surface area contributed by atoms with Crippen LogP contribution in [0.5, 0.6) is 0 Å². The number of aromatic nitrogens is 3. The predicted molar refractivity (Wildman–Crippen MR) is 95.6 cm³/mol. The third-order valence-electron chi connectivity index (χ3n) is 3.96. The first kappa shape index (κ1) is 15.0. The summed E-state index contributed by atoms with van der Waals surface area (Å²) >= 11 is 3.42. The zero-order valence-electron chi connectivity index (χ0n) is 12.9. The molecule has 2 heterocycles. The summed E-state index contributed by atoms with van der Waals surface area (Å²) in [5.41, 5.74) is 3.83. The van der Waals surface area contributed by atoms with Crippen molar-refractivity contribution in [1.82, 2.24) is 14.8 Å². The zero-order chi connectivity index (χ0) is 16.7. The van der Waals surface area contributed by atoms with Crippen LogP contribution in [0.25, 0.3) is 17.1 Å². The number of aryl methyl sites for hydroxylation is 1. The van der Waals surface area contributed by atoms with E-state index in [9.17, 15) is 4.79 Å². The number of halogens is 1. The maximum Gasteiger partial charge on any atom is 0.325 e. The molecule has 0 aliphatic carbocycles. The number of hydrogen-bond acceptors (Lipinski definition) is 3. The molecular formula is C18H14BrN3O2. The maximum absolute atomic E-state index is 12.8. The van der Waals surface area contributed by atoms with Crippen molar-refractivity contribution in [3.05, 3.63) is 80.2 Å². The van der Waals surface area contributed by atoms with Crippen LogP contribution in [0.1, 0.15) is 16.8 Å². The van der Waals surface area contributed by atoms with E-state index >= 15 is 0 Å². The van der Waals surface area contributed by atoms with Crippen LogP contribution in [0.15, 0.2) is 62.2 Å². The van der Waals surface area contributed by atoms with Gasteiger partial charge in [0, 0.05) is 22.2 Å². The van der Waals surface area contributed by atoms with E-state index in [1.165, 1.54) is 4.68 Å². The van der Waals surface area contributed by atoms with Gasteiger partial charge in [0.15, 0.2) is 5.58 Å². The number of oxazole rings is 1. The second-order valence-electron chi connectivity index (χ2n) is 5.62. The molecule has 0 amide bonds. The number of nitrogens with one attached hydrogen (secondary N) is 1. The van der Waals surface area contributed by atoms with E-state index < -0.39 is 0 Å². The molecule has 120 valence electrons. The van der Waals surface area contributed by atoms with Gasteiger partial charge in [-0.15, -0.1) is 0 Å². The van der Waals surface area contributed by atoms with Gasteiger partial charge in [-0.25, -0.2) is 0 Å². The topological polar surface area (TPSA) is 63.8 Å². The number of hydrogen-bond donors (Lipinski definition) is 1. The van der Waals surface area contributed by atoms with E-state index in [-0.39, 0.29) is 11.6 Å². The van der Waals surface area contributed by atoms with Crippen LogP contribution in [0.2, 0.25) is 0 Å². The summed E-state index contributed by atoms with van der Waals surface area (Å²) in [6.45, 7) is 1.88. The van der Waals surface area contributed by atoms with E-state index in [4.69, 9.17) is 4.42 Å². The number of para-hydroxylation sites is 2. The molecule has 0 saturated heterocycles. The second-order valence-corrected chi connectivity index (χ2v) is 6.54. The van der Waals surface area contributed by atoms with Crippen LogP contribution < -0.4 is 5.56 Å². The van der Waals surface area contributed by atoms with Gasteiger partial charge in [0.05, 0.1) is 0 Å². The van der Waals surface area contributed by atoms with Crippen LogP contribution in [0.3, 0.4) is 0 Å². The molecular weight excluding hydrogens is 370 g/mol. The van der Waals surface area contributed by atoms with Crippen molar-refractivity contribution in [1.29, 1.82) is 0 Å². The Morgan fingerprint density at radius 1 is 1.17 bits per heavy atom. The minimum atomic E-state index is -0.137. The highest BCUT2D eigenvalue weighted by Gasteiger charge is 2.16.